The topological polar surface area (TPSA) is 75.9 Å². The molecule has 0 saturated carbocycles. The van der Waals surface area contributed by atoms with Gasteiger partial charge in [0.25, 0.3) is 5.91 Å². The van der Waals surface area contributed by atoms with E-state index in [0.717, 1.165) is 18.8 Å². The van der Waals surface area contributed by atoms with Crippen LogP contribution in [0.5, 0.6) is 0 Å². The second-order valence-corrected chi connectivity index (χ2v) is 6.96. The smallest absolute Gasteiger partial charge is 0.264 e. The van der Waals surface area contributed by atoms with Crippen LogP contribution >= 0.6 is 0 Å². The van der Waals surface area contributed by atoms with Crippen molar-refractivity contribution in [3.05, 3.63) is 71.8 Å². The molecule has 1 amide bonds. The van der Waals surface area contributed by atoms with Crippen molar-refractivity contribution >= 4 is 23.1 Å². The summed E-state index contributed by atoms with van der Waals surface area (Å²) >= 11 is 0. The van der Waals surface area contributed by atoms with Crippen LogP contribution in [0.3, 0.4) is 0 Å². The third kappa shape index (κ3) is 5.31. The monoisotopic (exact) mass is 393 g/mol. The lowest BCUT2D eigenvalue weighted by Crippen LogP contribution is -2.44. The van der Waals surface area contributed by atoms with E-state index in [2.05, 4.69) is 4.90 Å². The van der Waals surface area contributed by atoms with E-state index in [1.165, 1.54) is 6.92 Å². The number of rotatable bonds is 7. The maximum atomic E-state index is 13.5. The van der Waals surface area contributed by atoms with Gasteiger partial charge in [-0.25, -0.2) is 0 Å². The number of carbonyl (C=O) groups is 2. The maximum Gasteiger partial charge on any atom is 0.264 e. The summed E-state index contributed by atoms with van der Waals surface area (Å²) in [5.41, 5.74) is 7.90. The number of para-hydroxylation sites is 1. The van der Waals surface area contributed by atoms with Crippen molar-refractivity contribution in [2.24, 2.45) is 5.73 Å². The lowest BCUT2D eigenvalue weighted by Gasteiger charge is -2.30. The predicted molar refractivity (Wildman–Crippen MR) is 114 cm³/mol. The lowest BCUT2D eigenvalue weighted by atomic mass is 10.0. The molecule has 2 aromatic rings. The highest BCUT2D eigenvalue weighted by Crippen LogP contribution is 2.21. The number of Topliss-reactive ketones (excluding diaryl/α,β-unsaturated/α-hetero) is 1. The van der Waals surface area contributed by atoms with Crippen molar-refractivity contribution in [1.29, 1.82) is 0 Å². The van der Waals surface area contributed by atoms with Crippen molar-refractivity contribution in [3.8, 4) is 0 Å². The van der Waals surface area contributed by atoms with E-state index in [4.69, 9.17) is 10.5 Å². The third-order valence-corrected chi connectivity index (χ3v) is 4.98. The molecule has 3 rings (SSSR count). The van der Waals surface area contributed by atoms with Gasteiger partial charge in [-0.05, 0) is 24.6 Å². The predicted octanol–water partition coefficient (Wildman–Crippen LogP) is 2.31. The summed E-state index contributed by atoms with van der Waals surface area (Å²) in [5, 5.41) is 0. The van der Waals surface area contributed by atoms with Crippen molar-refractivity contribution in [1.82, 2.24) is 4.90 Å². The molecule has 29 heavy (non-hydrogen) atoms. The van der Waals surface area contributed by atoms with Gasteiger partial charge in [-0.15, -0.1) is 0 Å². The number of hydrogen-bond acceptors (Lipinski definition) is 5. The average molecular weight is 393 g/mol. The lowest BCUT2D eigenvalue weighted by molar-refractivity contribution is -0.120. The van der Waals surface area contributed by atoms with Gasteiger partial charge < -0.3 is 15.4 Å². The summed E-state index contributed by atoms with van der Waals surface area (Å²) in [5.74, 6) is -0.720. The second-order valence-electron chi connectivity index (χ2n) is 6.96. The quantitative estimate of drug-likeness (QED) is 0.444. The Labute approximate surface area is 171 Å². The summed E-state index contributed by atoms with van der Waals surface area (Å²) in [6.45, 7) is 5.59. The Hall–Kier alpha value is -2.96. The fourth-order valence-corrected chi connectivity index (χ4v) is 3.37. The second kappa shape index (κ2) is 10.0. The zero-order chi connectivity index (χ0) is 20.6. The Morgan fingerprint density at radius 3 is 2.17 bits per heavy atom. The van der Waals surface area contributed by atoms with Crippen molar-refractivity contribution < 1.29 is 14.3 Å². The summed E-state index contributed by atoms with van der Waals surface area (Å²) in [7, 11) is 0. The largest absolute Gasteiger partial charge is 0.397 e. The van der Waals surface area contributed by atoms with Gasteiger partial charge in [0.05, 0.1) is 18.9 Å². The number of ether oxygens (including phenoxy) is 1. The Kier molecular flexibility index (Phi) is 7.16. The van der Waals surface area contributed by atoms with Crippen LogP contribution in [0.25, 0.3) is 5.70 Å². The van der Waals surface area contributed by atoms with E-state index >= 15 is 0 Å². The summed E-state index contributed by atoms with van der Waals surface area (Å²) < 4.78 is 5.40. The minimum Gasteiger partial charge on any atom is -0.397 e. The third-order valence-electron chi connectivity index (χ3n) is 4.98. The van der Waals surface area contributed by atoms with E-state index < -0.39 is 0 Å². The van der Waals surface area contributed by atoms with Gasteiger partial charge in [0.1, 0.15) is 5.57 Å². The number of nitrogens with zero attached hydrogens (tertiary/aromatic N) is 2. The summed E-state index contributed by atoms with van der Waals surface area (Å²) in [4.78, 5) is 29.8. The zero-order valence-corrected chi connectivity index (χ0v) is 16.7. The molecule has 6 nitrogen and oxygen atoms in total. The highest BCUT2D eigenvalue weighted by atomic mass is 16.5. The minimum absolute atomic E-state index is 0.0158. The molecule has 0 radical (unpaired) electrons. The molecule has 2 N–H and O–H groups in total. The molecule has 2 aromatic carbocycles. The Morgan fingerprint density at radius 2 is 1.59 bits per heavy atom. The van der Waals surface area contributed by atoms with Crippen LogP contribution in [0.1, 0.15) is 12.5 Å². The van der Waals surface area contributed by atoms with Gasteiger partial charge in [0.15, 0.2) is 5.78 Å². The van der Waals surface area contributed by atoms with Gasteiger partial charge in [-0.3, -0.25) is 14.5 Å². The van der Waals surface area contributed by atoms with Crippen LogP contribution < -0.4 is 10.6 Å². The van der Waals surface area contributed by atoms with E-state index in [0.29, 0.717) is 31.9 Å². The standard InChI is InChI=1S/C23H27N3O3/c1-18(27)21(22(24)19-8-4-2-5-9-19)23(28)26(20-10-6-3-7-11-20)13-12-25-14-16-29-17-15-25/h2-11H,12-17,24H2,1H3/b22-21-. The minimum atomic E-state index is -0.377. The molecule has 0 spiro atoms. The number of morpholine rings is 1. The highest BCUT2D eigenvalue weighted by Gasteiger charge is 2.26. The molecule has 0 atom stereocenters. The van der Waals surface area contributed by atoms with Crippen molar-refractivity contribution in [3.63, 3.8) is 0 Å². The highest BCUT2D eigenvalue weighted by molar-refractivity contribution is 6.27. The van der Waals surface area contributed by atoms with Crippen LogP contribution in [-0.2, 0) is 14.3 Å². The molecule has 0 unspecified atom stereocenters. The van der Waals surface area contributed by atoms with Gasteiger partial charge in [0.2, 0.25) is 0 Å². The number of ketones is 1. The molecule has 0 aliphatic carbocycles. The molecule has 6 heteroatoms. The van der Waals surface area contributed by atoms with Crippen LogP contribution in [0.2, 0.25) is 0 Å². The molecule has 0 bridgehead atoms. The van der Waals surface area contributed by atoms with Crippen molar-refractivity contribution in [2.45, 2.75) is 6.92 Å². The Morgan fingerprint density at radius 1 is 1.00 bits per heavy atom. The van der Waals surface area contributed by atoms with Gasteiger partial charge >= 0.3 is 0 Å². The number of amides is 1. The first-order valence-corrected chi connectivity index (χ1v) is 9.81. The molecule has 0 aromatic heterocycles. The van der Waals surface area contributed by atoms with Gasteiger partial charge in [-0.2, -0.15) is 0 Å². The zero-order valence-electron chi connectivity index (χ0n) is 16.7. The number of benzene rings is 2. The number of nitrogens with two attached hydrogens (primary N) is 1. The number of hydrogen-bond donors (Lipinski definition) is 1. The van der Waals surface area contributed by atoms with E-state index in [1.807, 2.05) is 48.5 Å². The summed E-state index contributed by atoms with van der Waals surface area (Å²) in [6, 6.07) is 18.5. The molecule has 1 saturated heterocycles. The van der Waals surface area contributed by atoms with Crippen molar-refractivity contribution in [2.75, 3.05) is 44.3 Å². The molecule has 1 heterocycles. The molecule has 1 aliphatic heterocycles. The van der Waals surface area contributed by atoms with E-state index in [9.17, 15) is 9.59 Å². The normalized spacial score (nSPS) is 15.5. The first-order valence-electron chi connectivity index (χ1n) is 9.81. The van der Waals surface area contributed by atoms with Crippen LogP contribution in [-0.4, -0.2) is 56.0 Å². The van der Waals surface area contributed by atoms with Gasteiger partial charge in [-0.1, -0.05) is 48.5 Å². The van der Waals surface area contributed by atoms with Crippen LogP contribution in [0.15, 0.2) is 66.2 Å². The molecular formula is C23H27N3O3. The first kappa shape index (κ1) is 20.8. The van der Waals surface area contributed by atoms with Crippen LogP contribution in [0, 0.1) is 0 Å². The Bertz CT molecular complexity index is 859. The van der Waals surface area contributed by atoms with Crippen LogP contribution in [0.4, 0.5) is 5.69 Å². The maximum absolute atomic E-state index is 13.5. The molecule has 152 valence electrons. The van der Waals surface area contributed by atoms with E-state index in [1.54, 1.807) is 17.0 Å². The number of anilines is 1. The molecule has 1 aliphatic rings. The molecule has 1 fully saturated rings. The fourth-order valence-electron chi connectivity index (χ4n) is 3.37. The summed E-state index contributed by atoms with van der Waals surface area (Å²) in [6.07, 6.45) is 0. The fraction of sp³-hybridized carbons (Fsp3) is 0.304. The van der Waals surface area contributed by atoms with Gasteiger partial charge in [0, 0.05) is 31.9 Å². The average Bonchev–Trinajstić information content (AvgIpc) is 2.76. The first-order chi connectivity index (χ1) is 14.1. The van der Waals surface area contributed by atoms with E-state index in [-0.39, 0.29) is 23.0 Å². The SMILES string of the molecule is CC(=O)/C(C(=O)N(CCN1CCOCC1)c1ccccc1)=C(/N)c1ccccc1. The molecular weight excluding hydrogens is 366 g/mol. The Balaban J connectivity index is 1.92. The number of carbonyl (C=O) groups excluding carboxylic acids is 2.